The average molecular weight is 487 g/mol. The molecule has 1 aliphatic rings. The molecule has 162 valence electrons. The molecule has 9 nitrogen and oxygen atoms in total. The van der Waals surface area contributed by atoms with Crippen molar-refractivity contribution in [1.29, 1.82) is 0 Å². The maximum absolute atomic E-state index is 13.8. The molecule has 2 amide bonds. The third-order valence-electron chi connectivity index (χ3n) is 4.14. The van der Waals surface area contributed by atoms with Crippen LogP contribution in [0.25, 0.3) is 0 Å². The van der Waals surface area contributed by atoms with Gasteiger partial charge in [0.15, 0.2) is 6.10 Å². The second kappa shape index (κ2) is 10.5. The van der Waals surface area contributed by atoms with Crippen LogP contribution in [0.4, 0.5) is 4.39 Å². The molecule has 1 heterocycles. The molecule has 0 saturated carbocycles. The van der Waals surface area contributed by atoms with Crippen molar-refractivity contribution in [3.8, 4) is 0 Å². The van der Waals surface area contributed by atoms with E-state index in [1.165, 1.54) is 12.1 Å². The summed E-state index contributed by atoms with van der Waals surface area (Å²) in [6, 6.07) is 3.85. The number of aliphatic carboxylic acids is 1. The van der Waals surface area contributed by atoms with E-state index in [0.29, 0.717) is 10.9 Å². The third kappa shape index (κ3) is 6.80. The first-order chi connectivity index (χ1) is 14.1. The molecule has 1 fully saturated rings. The summed E-state index contributed by atoms with van der Waals surface area (Å²) in [6.07, 6.45) is -1.43. The maximum Gasteiger partial charge on any atom is 0.552 e. The average Bonchev–Trinajstić information content (AvgIpc) is 3.00. The van der Waals surface area contributed by atoms with E-state index < -0.39 is 61.7 Å². The molecule has 1 aromatic rings. The first-order valence-electron chi connectivity index (χ1n) is 9.17. The molecule has 0 radical (unpaired) electrons. The topological polar surface area (TPSA) is 131 Å². The molecule has 12 heteroatoms. The van der Waals surface area contributed by atoms with Crippen LogP contribution in [0.5, 0.6) is 0 Å². The number of nitrogens with one attached hydrogen (secondary N) is 2. The molecule has 0 bridgehead atoms. The molecule has 2 rings (SSSR count). The highest BCUT2D eigenvalue weighted by Crippen LogP contribution is 2.20. The molecule has 1 aromatic carbocycles. The number of hydrogen-bond acceptors (Lipinski definition) is 6. The summed E-state index contributed by atoms with van der Waals surface area (Å²) >= 11 is 3.14. The molecule has 0 unspecified atom stereocenters. The Labute approximate surface area is 180 Å². The van der Waals surface area contributed by atoms with Gasteiger partial charge in [-0.25, -0.2) is 4.39 Å². The van der Waals surface area contributed by atoms with Gasteiger partial charge in [0.2, 0.25) is 5.91 Å². The maximum atomic E-state index is 13.8. The van der Waals surface area contributed by atoms with E-state index in [2.05, 4.69) is 26.6 Å². The minimum absolute atomic E-state index is 0.0847. The van der Waals surface area contributed by atoms with E-state index in [4.69, 9.17) is 14.4 Å². The van der Waals surface area contributed by atoms with Crippen molar-refractivity contribution >= 4 is 46.8 Å². The minimum Gasteiger partial charge on any atom is -0.506 e. The van der Waals surface area contributed by atoms with Crippen molar-refractivity contribution in [1.82, 2.24) is 10.6 Å². The summed E-state index contributed by atoms with van der Waals surface area (Å²) < 4.78 is 24.7. The number of hydrogen-bond donors (Lipinski definition) is 3. The Kier molecular flexibility index (Phi) is 8.36. The lowest BCUT2D eigenvalue weighted by atomic mass is 9.74. The lowest BCUT2D eigenvalue weighted by Gasteiger charge is -2.21. The van der Waals surface area contributed by atoms with Gasteiger partial charge >= 0.3 is 19.1 Å². The number of carbonyl (C=O) groups excluding carboxylic acids is 3. The minimum atomic E-state index is -1.25. The summed E-state index contributed by atoms with van der Waals surface area (Å²) in [5.74, 6) is -4.81. The van der Waals surface area contributed by atoms with Crippen molar-refractivity contribution in [2.75, 3.05) is 6.54 Å². The van der Waals surface area contributed by atoms with Crippen LogP contribution in [0.1, 0.15) is 37.0 Å². The lowest BCUT2D eigenvalue weighted by Crippen LogP contribution is -2.50. The molecular formula is C18H21BBrFN2O7. The van der Waals surface area contributed by atoms with Crippen LogP contribution in [-0.4, -0.2) is 54.6 Å². The highest BCUT2D eigenvalue weighted by molar-refractivity contribution is 9.10. The van der Waals surface area contributed by atoms with E-state index in [-0.39, 0.29) is 11.5 Å². The Bertz CT molecular complexity index is 839. The third-order valence-corrected chi connectivity index (χ3v) is 4.63. The van der Waals surface area contributed by atoms with Crippen molar-refractivity contribution in [3.63, 3.8) is 0 Å². The largest absolute Gasteiger partial charge is 0.552 e. The van der Waals surface area contributed by atoms with Crippen molar-refractivity contribution in [2.45, 2.75) is 38.7 Å². The zero-order valence-corrected chi connectivity index (χ0v) is 17.9. The van der Waals surface area contributed by atoms with Gasteiger partial charge in [0, 0.05) is 4.47 Å². The Morgan fingerprint density at radius 3 is 2.67 bits per heavy atom. The van der Waals surface area contributed by atoms with E-state index in [9.17, 15) is 23.6 Å². The number of amides is 2. The Balaban J connectivity index is 1.97. The number of carboxylic acids is 1. The molecule has 0 aromatic heterocycles. The van der Waals surface area contributed by atoms with Crippen LogP contribution in [0.3, 0.4) is 0 Å². The fourth-order valence-corrected chi connectivity index (χ4v) is 3.19. The second-order valence-electron chi connectivity index (χ2n) is 7.14. The van der Waals surface area contributed by atoms with Crippen LogP contribution in [0, 0.1) is 11.7 Å². The quantitative estimate of drug-likeness (QED) is 0.448. The Hall–Kier alpha value is -2.47. The monoisotopic (exact) mass is 486 g/mol. The molecule has 0 spiro atoms. The van der Waals surface area contributed by atoms with Gasteiger partial charge in [0.1, 0.15) is 5.82 Å². The Morgan fingerprint density at radius 1 is 1.33 bits per heavy atom. The van der Waals surface area contributed by atoms with Crippen molar-refractivity contribution in [2.24, 2.45) is 5.92 Å². The van der Waals surface area contributed by atoms with Crippen LogP contribution in [0.15, 0.2) is 22.7 Å². The van der Waals surface area contributed by atoms with Gasteiger partial charge in [-0.05, 0) is 30.5 Å². The van der Waals surface area contributed by atoms with Crippen LogP contribution >= 0.6 is 15.9 Å². The zero-order chi connectivity index (χ0) is 22.4. The number of carboxylic acid groups (broad SMARTS) is 1. The fourth-order valence-electron chi connectivity index (χ4n) is 2.83. The summed E-state index contributed by atoms with van der Waals surface area (Å²) in [7, 11) is -1.15. The number of rotatable bonds is 9. The molecule has 3 N–H and O–H groups in total. The highest BCUT2D eigenvalue weighted by atomic mass is 79.9. The normalized spacial score (nSPS) is 16.9. The smallest absolute Gasteiger partial charge is 0.506 e. The molecule has 2 atom stereocenters. The zero-order valence-electron chi connectivity index (χ0n) is 16.3. The van der Waals surface area contributed by atoms with Gasteiger partial charge in [-0.1, -0.05) is 29.8 Å². The van der Waals surface area contributed by atoms with Crippen LogP contribution in [0.2, 0.25) is 0 Å². The first kappa shape index (κ1) is 23.8. The second-order valence-corrected chi connectivity index (χ2v) is 8.05. The SMILES string of the molecule is CC(C)C[C@H](NC(=O)CNC(=O)c1cc(Br)ccc1F)B1OC(=O)[C@H](CC(=O)O)O1. The predicted octanol–water partition coefficient (Wildman–Crippen LogP) is 1.29. The van der Waals surface area contributed by atoms with Gasteiger partial charge in [-0.3, -0.25) is 19.2 Å². The van der Waals surface area contributed by atoms with Gasteiger partial charge in [0.25, 0.3) is 5.91 Å². The predicted molar refractivity (Wildman–Crippen MR) is 107 cm³/mol. The van der Waals surface area contributed by atoms with E-state index in [1.807, 2.05) is 13.8 Å². The summed E-state index contributed by atoms with van der Waals surface area (Å²) in [5, 5.41) is 13.8. The van der Waals surface area contributed by atoms with Gasteiger partial charge in [0.05, 0.1) is 24.5 Å². The van der Waals surface area contributed by atoms with E-state index in [0.717, 1.165) is 6.07 Å². The number of halogens is 2. The molecule has 0 aliphatic carbocycles. The van der Waals surface area contributed by atoms with Gasteiger partial charge in [-0.15, -0.1) is 0 Å². The standard InChI is InChI=1S/C18H21BBrFN2O7/c1-9(2)5-14(19-29-13(7-16(25)26)18(28)30-19)23-15(24)8-22-17(27)11-6-10(20)3-4-12(11)21/h3-4,6,9,13-14H,5,7-8H2,1-2H3,(H,22,27)(H,23,24)(H,25,26)/t13-,14-/m0/s1. The number of benzene rings is 1. The molecular weight excluding hydrogens is 466 g/mol. The van der Waals surface area contributed by atoms with E-state index in [1.54, 1.807) is 0 Å². The Morgan fingerprint density at radius 2 is 2.03 bits per heavy atom. The summed E-state index contributed by atoms with van der Waals surface area (Å²) in [6.45, 7) is 3.31. The van der Waals surface area contributed by atoms with E-state index >= 15 is 0 Å². The van der Waals surface area contributed by atoms with Gasteiger partial charge < -0.3 is 25.0 Å². The lowest BCUT2D eigenvalue weighted by molar-refractivity contribution is -0.145. The van der Waals surface area contributed by atoms with Gasteiger partial charge in [-0.2, -0.15) is 0 Å². The molecule has 1 aliphatic heterocycles. The molecule has 30 heavy (non-hydrogen) atoms. The van der Waals surface area contributed by atoms with Crippen molar-refractivity contribution < 1.29 is 38.0 Å². The summed E-state index contributed by atoms with van der Waals surface area (Å²) in [4.78, 5) is 47.1. The van der Waals surface area contributed by atoms with Crippen LogP contribution in [-0.2, 0) is 23.7 Å². The first-order valence-corrected chi connectivity index (χ1v) is 9.96. The highest BCUT2D eigenvalue weighted by Gasteiger charge is 2.46. The number of carbonyl (C=O) groups is 4. The summed E-state index contributed by atoms with van der Waals surface area (Å²) in [5.41, 5.74) is -0.222. The van der Waals surface area contributed by atoms with Crippen LogP contribution < -0.4 is 10.6 Å². The fraction of sp³-hybridized carbons (Fsp3) is 0.444. The molecule has 1 saturated heterocycles. The van der Waals surface area contributed by atoms with Crippen molar-refractivity contribution in [3.05, 3.63) is 34.1 Å².